The molecule has 0 N–H and O–H groups in total. The van der Waals surface area contributed by atoms with Crippen LogP contribution in [0.15, 0.2) is 88.1 Å². The molecule has 0 saturated heterocycles. The zero-order valence-electron chi connectivity index (χ0n) is 18.6. The number of anilines is 1. The van der Waals surface area contributed by atoms with Gasteiger partial charge in [-0.3, -0.25) is 9.36 Å². The summed E-state index contributed by atoms with van der Waals surface area (Å²) in [5.41, 5.74) is 2.94. The van der Waals surface area contributed by atoms with E-state index in [1.54, 1.807) is 11.0 Å². The van der Waals surface area contributed by atoms with Gasteiger partial charge in [-0.15, -0.1) is 0 Å². The van der Waals surface area contributed by atoms with Gasteiger partial charge in [-0.2, -0.15) is 0 Å². The van der Waals surface area contributed by atoms with E-state index in [-0.39, 0.29) is 18.9 Å². The lowest BCUT2D eigenvalue weighted by atomic mass is 10.2. The van der Waals surface area contributed by atoms with Gasteiger partial charge in [0.05, 0.1) is 5.52 Å². The Labute approximate surface area is 196 Å². The van der Waals surface area contributed by atoms with Crippen molar-refractivity contribution in [2.45, 2.75) is 13.0 Å². The zero-order chi connectivity index (χ0) is 23.3. The summed E-state index contributed by atoms with van der Waals surface area (Å²) in [5.74, 6) is 0.694. The molecule has 0 spiro atoms. The van der Waals surface area contributed by atoms with Crippen molar-refractivity contribution in [3.8, 4) is 11.5 Å². The average Bonchev–Trinajstić information content (AvgIpc) is 3.20. The summed E-state index contributed by atoms with van der Waals surface area (Å²) >= 11 is 0. The van der Waals surface area contributed by atoms with Crippen LogP contribution in [0.2, 0.25) is 0 Å². The van der Waals surface area contributed by atoms with Crippen molar-refractivity contribution in [2.75, 3.05) is 24.7 Å². The van der Waals surface area contributed by atoms with Crippen molar-refractivity contribution >= 4 is 28.8 Å². The lowest BCUT2D eigenvalue weighted by Crippen LogP contribution is -2.32. The van der Waals surface area contributed by atoms with Gasteiger partial charge in [0.15, 0.2) is 17.1 Å². The van der Waals surface area contributed by atoms with Gasteiger partial charge in [0.25, 0.3) is 0 Å². The number of benzene rings is 3. The van der Waals surface area contributed by atoms with E-state index in [1.807, 2.05) is 78.9 Å². The third-order valence-corrected chi connectivity index (χ3v) is 5.66. The van der Waals surface area contributed by atoms with Crippen LogP contribution in [-0.2, 0) is 11.3 Å². The number of fused-ring (bicyclic) bond motifs is 2. The molecule has 7 heteroatoms. The Hall–Kier alpha value is -4.26. The minimum Gasteiger partial charge on any atom is -0.486 e. The molecule has 0 radical (unpaired) electrons. The third-order valence-electron chi connectivity index (χ3n) is 5.66. The second kappa shape index (κ2) is 9.70. The predicted octanol–water partition coefficient (Wildman–Crippen LogP) is 4.50. The van der Waals surface area contributed by atoms with Crippen LogP contribution in [0.25, 0.3) is 17.2 Å². The summed E-state index contributed by atoms with van der Waals surface area (Å²) in [5, 5.41) is 0. The first-order chi connectivity index (χ1) is 16.7. The number of aryl methyl sites for hydroxylation is 1. The molecule has 0 bridgehead atoms. The van der Waals surface area contributed by atoms with Gasteiger partial charge < -0.3 is 18.8 Å². The molecule has 1 amide bonds. The molecule has 5 rings (SSSR count). The third kappa shape index (κ3) is 4.59. The van der Waals surface area contributed by atoms with E-state index in [2.05, 4.69) is 0 Å². The Kier molecular flexibility index (Phi) is 6.16. The van der Waals surface area contributed by atoms with Gasteiger partial charge in [-0.05, 0) is 29.8 Å². The standard InChI is InChI=1S/C27H24N2O5/c30-26(14-16-29-22-10-4-5-11-23(22)34-27(29)31)28(15-6-9-20-7-2-1-3-8-20)21-12-13-24-25(19-21)33-18-17-32-24/h1-13,19H,14-18H2. The number of carbonyl (C=O) groups excluding carboxylic acids is 1. The lowest BCUT2D eigenvalue weighted by molar-refractivity contribution is -0.118. The fraction of sp³-hybridized carbons (Fsp3) is 0.185. The van der Waals surface area contributed by atoms with E-state index in [9.17, 15) is 9.59 Å². The summed E-state index contributed by atoms with van der Waals surface area (Å²) in [6.07, 6.45) is 4.06. The van der Waals surface area contributed by atoms with E-state index in [4.69, 9.17) is 13.9 Å². The highest BCUT2D eigenvalue weighted by atomic mass is 16.6. The normalized spacial score (nSPS) is 12.8. The molecule has 4 aromatic rings. The minimum absolute atomic E-state index is 0.119. The highest BCUT2D eigenvalue weighted by molar-refractivity contribution is 5.94. The molecule has 0 saturated carbocycles. The average molecular weight is 456 g/mol. The molecule has 0 aliphatic carbocycles. The van der Waals surface area contributed by atoms with E-state index in [1.165, 1.54) is 4.57 Å². The highest BCUT2D eigenvalue weighted by Crippen LogP contribution is 2.34. The van der Waals surface area contributed by atoms with E-state index in [0.29, 0.717) is 48.0 Å². The van der Waals surface area contributed by atoms with Crippen molar-refractivity contribution < 1.29 is 18.7 Å². The fourth-order valence-corrected chi connectivity index (χ4v) is 3.98. The quantitative estimate of drug-likeness (QED) is 0.409. The Balaban J connectivity index is 1.38. The predicted molar refractivity (Wildman–Crippen MR) is 130 cm³/mol. The van der Waals surface area contributed by atoms with Crippen LogP contribution in [0.5, 0.6) is 11.5 Å². The summed E-state index contributed by atoms with van der Waals surface area (Å²) in [6.45, 7) is 1.56. The lowest BCUT2D eigenvalue weighted by Gasteiger charge is -2.24. The Morgan fingerprint density at radius 1 is 0.941 bits per heavy atom. The van der Waals surface area contributed by atoms with Crippen molar-refractivity contribution in [2.24, 2.45) is 0 Å². The maximum absolute atomic E-state index is 13.4. The number of hydrogen-bond donors (Lipinski definition) is 0. The van der Waals surface area contributed by atoms with Crippen molar-refractivity contribution in [3.05, 3.63) is 95.0 Å². The molecule has 0 atom stereocenters. The molecule has 3 aromatic carbocycles. The molecule has 7 nitrogen and oxygen atoms in total. The van der Waals surface area contributed by atoms with Gasteiger partial charge >= 0.3 is 5.76 Å². The van der Waals surface area contributed by atoms with Crippen LogP contribution in [-0.4, -0.2) is 30.2 Å². The van der Waals surface area contributed by atoms with Crippen LogP contribution in [0.3, 0.4) is 0 Å². The molecule has 1 aliphatic heterocycles. The SMILES string of the molecule is O=C(CCn1c(=O)oc2ccccc21)N(CC=Cc1ccccc1)c1ccc2c(c1)OCCO2. The monoisotopic (exact) mass is 456 g/mol. The number of para-hydroxylation sites is 2. The number of ether oxygens (including phenoxy) is 2. The Morgan fingerprint density at radius 3 is 2.56 bits per heavy atom. The molecule has 2 heterocycles. The fourth-order valence-electron chi connectivity index (χ4n) is 3.98. The van der Waals surface area contributed by atoms with E-state index >= 15 is 0 Å². The van der Waals surface area contributed by atoms with Gasteiger partial charge in [-0.1, -0.05) is 54.6 Å². The van der Waals surface area contributed by atoms with Gasteiger partial charge in [-0.25, -0.2) is 4.79 Å². The van der Waals surface area contributed by atoms with Crippen molar-refractivity contribution in [1.29, 1.82) is 0 Å². The number of hydrogen-bond acceptors (Lipinski definition) is 5. The van der Waals surface area contributed by atoms with E-state index < -0.39 is 5.76 Å². The Morgan fingerprint density at radius 2 is 1.71 bits per heavy atom. The van der Waals surface area contributed by atoms with E-state index in [0.717, 1.165) is 5.56 Å². The molecule has 0 fully saturated rings. The molecule has 34 heavy (non-hydrogen) atoms. The summed E-state index contributed by atoms with van der Waals surface area (Å²) < 4.78 is 18.1. The first kappa shape index (κ1) is 21.6. The number of oxazole rings is 1. The maximum atomic E-state index is 13.4. The Bertz CT molecular complexity index is 1390. The molecule has 0 unspecified atom stereocenters. The number of nitrogens with zero attached hydrogens (tertiary/aromatic N) is 2. The first-order valence-electron chi connectivity index (χ1n) is 11.2. The number of rotatable bonds is 7. The van der Waals surface area contributed by atoms with Crippen LogP contribution >= 0.6 is 0 Å². The topological polar surface area (TPSA) is 73.9 Å². The summed E-state index contributed by atoms with van der Waals surface area (Å²) in [7, 11) is 0. The van der Waals surface area contributed by atoms with Crippen molar-refractivity contribution in [1.82, 2.24) is 4.57 Å². The number of carbonyl (C=O) groups is 1. The second-order valence-corrected chi connectivity index (χ2v) is 7.88. The maximum Gasteiger partial charge on any atom is 0.419 e. The zero-order valence-corrected chi connectivity index (χ0v) is 18.6. The summed E-state index contributed by atoms with van der Waals surface area (Å²) in [6, 6.07) is 22.6. The van der Waals surface area contributed by atoms with Crippen molar-refractivity contribution in [3.63, 3.8) is 0 Å². The van der Waals surface area contributed by atoms with Gasteiger partial charge in [0.2, 0.25) is 5.91 Å². The van der Waals surface area contributed by atoms with Crippen LogP contribution < -0.4 is 20.1 Å². The molecular formula is C27H24N2O5. The summed E-state index contributed by atoms with van der Waals surface area (Å²) in [4.78, 5) is 27.4. The molecule has 1 aromatic heterocycles. The minimum atomic E-state index is -0.469. The van der Waals surface area contributed by atoms with Gasteiger partial charge in [0, 0.05) is 31.3 Å². The highest BCUT2D eigenvalue weighted by Gasteiger charge is 2.20. The molecule has 172 valence electrons. The van der Waals surface area contributed by atoms with Gasteiger partial charge in [0.1, 0.15) is 13.2 Å². The smallest absolute Gasteiger partial charge is 0.419 e. The first-order valence-corrected chi connectivity index (χ1v) is 11.2. The number of aromatic nitrogens is 1. The number of amides is 1. The second-order valence-electron chi connectivity index (χ2n) is 7.88. The van der Waals surface area contributed by atoms with Crippen LogP contribution in [0, 0.1) is 0 Å². The molecule has 1 aliphatic rings. The molecular weight excluding hydrogens is 432 g/mol. The van der Waals surface area contributed by atoms with Crippen LogP contribution in [0.1, 0.15) is 12.0 Å². The van der Waals surface area contributed by atoms with Crippen LogP contribution in [0.4, 0.5) is 5.69 Å². The largest absolute Gasteiger partial charge is 0.486 e.